The van der Waals surface area contributed by atoms with Crippen molar-refractivity contribution >= 4 is 28.2 Å². The van der Waals surface area contributed by atoms with Gasteiger partial charge in [-0.25, -0.2) is 0 Å². The van der Waals surface area contributed by atoms with Crippen molar-refractivity contribution in [3.8, 4) is 17.4 Å². The van der Waals surface area contributed by atoms with Crippen molar-refractivity contribution < 1.29 is 24.7 Å². The number of rotatable bonds is 4. The third kappa shape index (κ3) is 3.02. The molecule has 0 fully saturated rings. The highest BCUT2D eigenvalue weighted by Gasteiger charge is 2.16. The number of aromatic hydroxyl groups is 2. The number of hydrogen-bond acceptors (Lipinski definition) is 7. The van der Waals surface area contributed by atoms with Gasteiger partial charge in [-0.05, 0) is 24.3 Å². The van der Waals surface area contributed by atoms with E-state index in [2.05, 4.69) is 15.2 Å². The molecule has 3 N–H and O–H groups in total. The summed E-state index contributed by atoms with van der Waals surface area (Å²) in [5, 5.41) is 37.8. The number of nitro benzene ring substituents is 1. The van der Waals surface area contributed by atoms with Crippen LogP contribution in [0.2, 0.25) is 0 Å². The zero-order valence-corrected chi connectivity index (χ0v) is 13.3. The first-order valence-electron chi connectivity index (χ1n) is 7.23. The Kier molecular flexibility index (Phi) is 4.23. The van der Waals surface area contributed by atoms with Crippen molar-refractivity contribution in [1.29, 1.82) is 0 Å². The van der Waals surface area contributed by atoms with E-state index in [9.17, 15) is 25.1 Å². The summed E-state index contributed by atoms with van der Waals surface area (Å²) in [6.07, 6.45) is 0. The predicted molar refractivity (Wildman–Crippen MR) is 90.1 cm³/mol. The molecule has 132 valence electrons. The number of methoxy groups -OCH3 is 1. The lowest BCUT2D eigenvalue weighted by Gasteiger charge is -2.03. The molecule has 0 spiro atoms. The van der Waals surface area contributed by atoms with Gasteiger partial charge in [-0.2, -0.15) is 0 Å². The maximum atomic E-state index is 12.1. The van der Waals surface area contributed by atoms with Crippen molar-refractivity contribution in [2.24, 2.45) is 10.2 Å². The average molecular weight is 356 g/mol. The minimum Gasteiger partial charge on any atom is -0.504 e. The summed E-state index contributed by atoms with van der Waals surface area (Å²) in [4.78, 5) is 25.1. The first-order chi connectivity index (χ1) is 12.4. The molecule has 0 aliphatic heterocycles. The second kappa shape index (κ2) is 6.51. The van der Waals surface area contributed by atoms with E-state index < -0.39 is 10.8 Å². The Labute approximate surface area is 145 Å². The molecule has 2 aromatic carbocycles. The zero-order chi connectivity index (χ0) is 18.8. The van der Waals surface area contributed by atoms with E-state index in [1.165, 1.54) is 43.5 Å². The topological polar surface area (TPSA) is 150 Å². The molecule has 3 aromatic rings. The SMILES string of the molecule is COc1cc(C(=O)N=Nc2c(O)[nH]c3ccc([N+](=O)[O-])cc23)ccc1O. The van der Waals surface area contributed by atoms with Crippen LogP contribution in [0.5, 0.6) is 17.4 Å². The lowest BCUT2D eigenvalue weighted by molar-refractivity contribution is -0.384. The molecule has 0 saturated heterocycles. The maximum Gasteiger partial charge on any atom is 0.295 e. The van der Waals surface area contributed by atoms with Crippen LogP contribution in [0.1, 0.15) is 10.4 Å². The van der Waals surface area contributed by atoms with Crippen LogP contribution in [0.25, 0.3) is 10.9 Å². The van der Waals surface area contributed by atoms with Gasteiger partial charge in [0, 0.05) is 23.1 Å². The van der Waals surface area contributed by atoms with Crippen LogP contribution in [-0.4, -0.2) is 33.1 Å². The first-order valence-corrected chi connectivity index (χ1v) is 7.23. The molecule has 0 unspecified atom stereocenters. The predicted octanol–water partition coefficient (Wildman–Crippen LogP) is 3.42. The summed E-state index contributed by atoms with van der Waals surface area (Å²) in [6.45, 7) is 0. The van der Waals surface area contributed by atoms with Crippen molar-refractivity contribution in [1.82, 2.24) is 4.98 Å². The number of benzene rings is 2. The molecule has 0 aliphatic rings. The maximum absolute atomic E-state index is 12.1. The molecule has 0 atom stereocenters. The Bertz CT molecular complexity index is 1060. The number of nitrogens with zero attached hydrogens (tertiary/aromatic N) is 3. The van der Waals surface area contributed by atoms with Crippen molar-refractivity contribution in [2.45, 2.75) is 0 Å². The smallest absolute Gasteiger partial charge is 0.295 e. The fourth-order valence-electron chi connectivity index (χ4n) is 2.33. The monoisotopic (exact) mass is 356 g/mol. The van der Waals surface area contributed by atoms with Gasteiger partial charge < -0.3 is 19.9 Å². The molecule has 0 saturated carbocycles. The molecule has 3 rings (SSSR count). The summed E-state index contributed by atoms with van der Waals surface area (Å²) in [5.74, 6) is -1.16. The Hall–Kier alpha value is -3.95. The molecule has 0 bridgehead atoms. The van der Waals surface area contributed by atoms with E-state index in [1.807, 2.05) is 0 Å². The van der Waals surface area contributed by atoms with E-state index in [1.54, 1.807) is 0 Å². The van der Waals surface area contributed by atoms with E-state index in [0.717, 1.165) is 0 Å². The van der Waals surface area contributed by atoms with Crippen LogP contribution in [-0.2, 0) is 0 Å². The lowest BCUT2D eigenvalue weighted by Crippen LogP contribution is -1.95. The number of fused-ring (bicyclic) bond motifs is 1. The van der Waals surface area contributed by atoms with Gasteiger partial charge in [0.2, 0.25) is 5.88 Å². The van der Waals surface area contributed by atoms with Gasteiger partial charge in [0.1, 0.15) is 0 Å². The minimum absolute atomic E-state index is 0.0941. The average Bonchev–Trinajstić information content (AvgIpc) is 2.94. The second-order valence-corrected chi connectivity index (χ2v) is 5.20. The largest absolute Gasteiger partial charge is 0.504 e. The van der Waals surface area contributed by atoms with Gasteiger partial charge in [0.15, 0.2) is 17.2 Å². The number of H-pyrrole nitrogens is 1. The standard InChI is InChI=1S/C16H12N4O6/c1-26-13-6-8(2-5-12(13)21)15(22)19-18-14-10-7-9(20(24)25)3-4-11(10)17-16(14)23/h2-7,17,21,23H,1H3. The first kappa shape index (κ1) is 16.9. The summed E-state index contributed by atoms with van der Waals surface area (Å²) in [5.41, 5.74) is 0.222. The number of hydrogen-bond donors (Lipinski definition) is 3. The molecular formula is C16H12N4O6. The molecule has 26 heavy (non-hydrogen) atoms. The number of nitro groups is 1. The highest BCUT2D eigenvalue weighted by molar-refractivity contribution is 5.98. The molecular weight excluding hydrogens is 344 g/mol. The summed E-state index contributed by atoms with van der Waals surface area (Å²) < 4.78 is 4.92. The molecule has 1 heterocycles. The molecule has 1 aromatic heterocycles. The fourth-order valence-corrected chi connectivity index (χ4v) is 2.33. The molecule has 0 aliphatic carbocycles. The van der Waals surface area contributed by atoms with Gasteiger partial charge in [-0.15, -0.1) is 10.2 Å². The number of carbonyl (C=O) groups is 1. The van der Waals surface area contributed by atoms with E-state index in [-0.39, 0.29) is 39.7 Å². The Morgan fingerprint density at radius 2 is 2.00 bits per heavy atom. The number of azo groups is 1. The highest BCUT2D eigenvalue weighted by atomic mass is 16.6. The number of phenols is 1. The summed E-state index contributed by atoms with van der Waals surface area (Å²) in [7, 11) is 1.34. The number of aromatic amines is 1. The van der Waals surface area contributed by atoms with E-state index in [0.29, 0.717) is 5.52 Å². The molecule has 0 radical (unpaired) electrons. The van der Waals surface area contributed by atoms with Crippen molar-refractivity contribution in [3.63, 3.8) is 0 Å². The van der Waals surface area contributed by atoms with Gasteiger partial charge in [0.25, 0.3) is 11.6 Å². The number of nitrogens with one attached hydrogen (secondary N) is 1. The number of aromatic nitrogens is 1. The number of non-ortho nitro benzene ring substituents is 1. The number of ether oxygens (including phenoxy) is 1. The second-order valence-electron chi connectivity index (χ2n) is 5.20. The Morgan fingerprint density at radius 3 is 2.69 bits per heavy atom. The van der Waals surface area contributed by atoms with Crippen LogP contribution in [0.4, 0.5) is 11.4 Å². The van der Waals surface area contributed by atoms with Crippen LogP contribution in [0.3, 0.4) is 0 Å². The summed E-state index contributed by atoms with van der Waals surface area (Å²) in [6, 6.07) is 7.80. The minimum atomic E-state index is -0.748. The highest BCUT2D eigenvalue weighted by Crippen LogP contribution is 2.37. The van der Waals surface area contributed by atoms with Crippen LogP contribution in [0.15, 0.2) is 46.6 Å². The molecule has 10 nitrogen and oxygen atoms in total. The number of phenolic OH excluding ortho intramolecular Hbond substituents is 1. The van der Waals surface area contributed by atoms with Crippen molar-refractivity contribution in [3.05, 3.63) is 52.1 Å². The van der Waals surface area contributed by atoms with Gasteiger partial charge in [-0.3, -0.25) is 14.9 Å². The van der Waals surface area contributed by atoms with E-state index in [4.69, 9.17) is 4.74 Å². The van der Waals surface area contributed by atoms with E-state index >= 15 is 0 Å². The quantitative estimate of drug-likeness (QED) is 0.370. The number of carbonyl (C=O) groups excluding carboxylic acids is 1. The van der Waals surface area contributed by atoms with Gasteiger partial charge in [-0.1, -0.05) is 0 Å². The van der Waals surface area contributed by atoms with Gasteiger partial charge in [0.05, 0.1) is 17.5 Å². The van der Waals surface area contributed by atoms with Gasteiger partial charge >= 0.3 is 0 Å². The fraction of sp³-hybridized carbons (Fsp3) is 0.0625. The Morgan fingerprint density at radius 1 is 1.23 bits per heavy atom. The third-order valence-corrected chi connectivity index (χ3v) is 3.61. The summed E-state index contributed by atoms with van der Waals surface area (Å²) >= 11 is 0. The Balaban J connectivity index is 1.97. The van der Waals surface area contributed by atoms with Crippen LogP contribution >= 0.6 is 0 Å². The molecule has 1 amide bonds. The zero-order valence-electron chi connectivity index (χ0n) is 13.3. The molecule has 10 heteroatoms. The van der Waals surface area contributed by atoms with Crippen LogP contribution in [0, 0.1) is 10.1 Å². The lowest BCUT2D eigenvalue weighted by atomic mass is 10.2. The van der Waals surface area contributed by atoms with Crippen LogP contribution < -0.4 is 4.74 Å². The normalized spacial score (nSPS) is 11.1. The van der Waals surface area contributed by atoms with Crippen molar-refractivity contribution in [2.75, 3.05) is 7.11 Å². The third-order valence-electron chi connectivity index (χ3n) is 3.61. The number of amides is 1.